The quantitative estimate of drug-likeness (QED) is 0.459. The number of fused-ring (bicyclic) bond motifs is 1. The van der Waals surface area contributed by atoms with Gasteiger partial charge in [-0.1, -0.05) is 13.0 Å². The molecule has 0 bridgehead atoms. The molecule has 9 heteroatoms. The van der Waals surface area contributed by atoms with Crippen molar-refractivity contribution in [3.63, 3.8) is 0 Å². The molecule has 0 aromatic heterocycles. The molecule has 0 aliphatic heterocycles. The molecule has 154 valence electrons. The maximum atomic E-state index is 14.9. The predicted molar refractivity (Wildman–Crippen MR) is 91.1 cm³/mol. The first-order valence-corrected chi connectivity index (χ1v) is 8.57. The highest BCUT2D eigenvalue weighted by atomic mass is 19.4. The van der Waals surface area contributed by atoms with E-state index in [-0.39, 0.29) is 41.7 Å². The Morgan fingerprint density at radius 2 is 1.79 bits per heavy atom. The molecule has 0 unspecified atom stereocenters. The molecule has 0 saturated carbocycles. The van der Waals surface area contributed by atoms with Crippen LogP contribution in [0.1, 0.15) is 30.9 Å². The Morgan fingerprint density at radius 3 is 2.41 bits per heavy atom. The van der Waals surface area contributed by atoms with Crippen LogP contribution in [0.25, 0.3) is 17.2 Å². The summed E-state index contributed by atoms with van der Waals surface area (Å²) in [6.07, 6.45) is -3.30. The molecule has 29 heavy (non-hydrogen) atoms. The first kappa shape index (κ1) is 20.8. The Labute approximate surface area is 161 Å². The zero-order valence-electron chi connectivity index (χ0n) is 15.0. The van der Waals surface area contributed by atoms with E-state index in [1.807, 2.05) is 0 Å². The summed E-state index contributed by atoms with van der Waals surface area (Å²) >= 11 is 0. The van der Waals surface area contributed by atoms with Crippen molar-refractivity contribution in [2.75, 3.05) is 0 Å². The number of esters is 1. The van der Waals surface area contributed by atoms with Gasteiger partial charge in [0.2, 0.25) is 0 Å². The van der Waals surface area contributed by atoms with Crippen LogP contribution >= 0.6 is 0 Å². The molecular weight excluding hydrogens is 402 g/mol. The number of benzene rings is 2. The molecule has 1 aliphatic rings. The normalized spacial score (nSPS) is 13.6. The summed E-state index contributed by atoms with van der Waals surface area (Å²) < 4.78 is 88.8. The predicted octanol–water partition coefficient (Wildman–Crippen LogP) is 5.91. The molecule has 2 aromatic carbocycles. The zero-order valence-corrected chi connectivity index (χ0v) is 15.0. The van der Waals surface area contributed by atoms with Crippen LogP contribution in [0.3, 0.4) is 0 Å². The summed E-state index contributed by atoms with van der Waals surface area (Å²) in [6.45, 7) is 1.61. The van der Waals surface area contributed by atoms with Crippen molar-refractivity contribution >= 4 is 12.0 Å². The molecule has 0 atom stereocenters. The van der Waals surface area contributed by atoms with Crippen LogP contribution in [-0.4, -0.2) is 12.3 Å². The number of rotatable bonds is 4. The lowest BCUT2D eigenvalue weighted by Gasteiger charge is -2.19. The smallest absolute Gasteiger partial charge is 0.431 e. The summed E-state index contributed by atoms with van der Waals surface area (Å²) in [4.78, 5) is 11.4. The third-order valence-corrected chi connectivity index (χ3v) is 4.27. The van der Waals surface area contributed by atoms with E-state index < -0.39 is 41.1 Å². The second kappa shape index (κ2) is 7.81. The average Bonchev–Trinajstić information content (AvgIpc) is 2.62. The lowest BCUT2D eigenvalue weighted by molar-refractivity contribution is -0.275. The van der Waals surface area contributed by atoms with Crippen LogP contribution < -0.4 is 4.74 Å². The number of allylic oxidation sites excluding steroid dienone is 1. The monoisotopic (exact) mass is 416 g/mol. The van der Waals surface area contributed by atoms with Gasteiger partial charge in [0.15, 0.2) is 11.6 Å². The van der Waals surface area contributed by atoms with E-state index >= 15 is 0 Å². The second-order valence-electron chi connectivity index (χ2n) is 6.25. The highest BCUT2D eigenvalue weighted by Crippen LogP contribution is 2.37. The van der Waals surface area contributed by atoms with E-state index in [1.165, 1.54) is 6.08 Å². The van der Waals surface area contributed by atoms with Crippen molar-refractivity contribution in [2.24, 2.45) is 0 Å². The first-order chi connectivity index (χ1) is 13.6. The summed E-state index contributed by atoms with van der Waals surface area (Å²) in [5.74, 6) is -4.72. The first-order valence-electron chi connectivity index (χ1n) is 8.57. The minimum Gasteiger partial charge on any atom is -0.431 e. The Balaban J connectivity index is 1.99. The number of hydrogen-bond acceptors (Lipinski definition) is 3. The summed E-state index contributed by atoms with van der Waals surface area (Å²) in [5.41, 5.74) is -0.536. The molecule has 0 N–H and O–H groups in total. The van der Waals surface area contributed by atoms with Crippen molar-refractivity contribution < 1.29 is 40.6 Å². The standard InChI is InChI=1S/C20H14F6O3/c1-2-17(27)28-12-4-5-13-11(7-12)9-15(22)18(19(13)23)10-3-6-16(14(21)8-10)29-20(24,25)26/h3,6-9H,2,4-5H2,1H3. The number of halogens is 6. The van der Waals surface area contributed by atoms with Crippen molar-refractivity contribution in [1.82, 2.24) is 0 Å². The summed E-state index contributed by atoms with van der Waals surface area (Å²) in [5, 5.41) is 0. The maximum Gasteiger partial charge on any atom is 0.573 e. The molecule has 3 rings (SSSR count). The van der Waals surface area contributed by atoms with Gasteiger partial charge in [0.1, 0.15) is 17.4 Å². The van der Waals surface area contributed by atoms with Crippen LogP contribution in [0, 0.1) is 17.5 Å². The molecule has 0 heterocycles. The minimum atomic E-state index is -5.10. The molecule has 3 nitrogen and oxygen atoms in total. The third-order valence-electron chi connectivity index (χ3n) is 4.27. The van der Waals surface area contributed by atoms with Crippen LogP contribution in [0.5, 0.6) is 5.75 Å². The van der Waals surface area contributed by atoms with Crippen LogP contribution in [0.2, 0.25) is 0 Å². The molecule has 0 saturated heterocycles. The van der Waals surface area contributed by atoms with Gasteiger partial charge in [0.05, 0.1) is 5.56 Å². The third kappa shape index (κ3) is 4.55. The van der Waals surface area contributed by atoms with E-state index in [9.17, 15) is 31.1 Å². The highest BCUT2D eigenvalue weighted by molar-refractivity contribution is 5.74. The topological polar surface area (TPSA) is 35.5 Å². The van der Waals surface area contributed by atoms with Gasteiger partial charge in [0, 0.05) is 12.8 Å². The van der Waals surface area contributed by atoms with Crippen LogP contribution in [0.15, 0.2) is 30.0 Å². The highest BCUT2D eigenvalue weighted by Gasteiger charge is 2.32. The van der Waals surface area contributed by atoms with E-state index in [0.717, 1.165) is 12.1 Å². The van der Waals surface area contributed by atoms with E-state index in [1.54, 1.807) is 6.92 Å². The molecule has 0 radical (unpaired) electrons. The lowest BCUT2D eigenvalue weighted by atomic mass is 9.91. The molecule has 0 fully saturated rings. The van der Waals surface area contributed by atoms with Gasteiger partial charge in [-0.05, 0) is 47.4 Å². The fourth-order valence-electron chi connectivity index (χ4n) is 2.98. The maximum absolute atomic E-state index is 14.9. The fourth-order valence-corrected chi connectivity index (χ4v) is 2.98. The van der Waals surface area contributed by atoms with Crippen molar-refractivity contribution in [1.29, 1.82) is 0 Å². The largest absolute Gasteiger partial charge is 0.573 e. The molecule has 0 amide bonds. The van der Waals surface area contributed by atoms with Gasteiger partial charge in [-0.2, -0.15) is 0 Å². The summed E-state index contributed by atoms with van der Waals surface area (Å²) in [6, 6.07) is 3.16. The van der Waals surface area contributed by atoms with Gasteiger partial charge in [-0.15, -0.1) is 13.2 Å². The van der Waals surface area contributed by atoms with Gasteiger partial charge in [0.25, 0.3) is 0 Å². The van der Waals surface area contributed by atoms with E-state index in [2.05, 4.69) is 4.74 Å². The Morgan fingerprint density at radius 1 is 1.07 bits per heavy atom. The number of carbonyl (C=O) groups is 1. The van der Waals surface area contributed by atoms with Crippen LogP contribution in [0.4, 0.5) is 26.3 Å². The molecular formula is C20H14F6O3. The Hall–Kier alpha value is -2.97. The Kier molecular flexibility index (Phi) is 5.59. The SMILES string of the molecule is CCC(=O)OC1=Cc2cc(F)c(-c3ccc(OC(F)(F)F)c(F)c3)c(F)c2CC1. The van der Waals surface area contributed by atoms with Gasteiger partial charge < -0.3 is 9.47 Å². The molecule has 0 spiro atoms. The number of alkyl halides is 3. The molecule has 2 aromatic rings. The number of hydrogen-bond donors (Lipinski definition) is 0. The van der Waals surface area contributed by atoms with Gasteiger partial charge in [-0.25, -0.2) is 13.2 Å². The van der Waals surface area contributed by atoms with Gasteiger partial charge in [-0.3, -0.25) is 4.79 Å². The average molecular weight is 416 g/mol. The van der Waals surface area contributed by atoms with Crippen molar-refractivity contribution in [3.8, 4) is 16.9 Å². The van der Waals surface area contributed by atoms with Gasteiger partial charge >= 0.3 is 12.3 Å². The van der Waals surface area contributed by atoms with E-state index in [0.29, 0.717) is 12.1 Å². The fraction of sp³-hybridized carbons (Fsp3) is 0.250. The molecule has 1 aliphatic carbocycles. The number of ether oxygens (including phenoxy) is 2. The second-order valence-corrected chi connectivity index (χ2v) is 6.25. The van der Waals surface area contributed by atoms with E-state index in [4.69, 9.17) is 4.74 Å². The van der Waals surface area contributed by atoms with Crippen LogP contribution in [-0.2, 0) is 16.0 Å². The van der Waals surface area contributed by atoms with Crippen molar-refractivity contribution in [3.05, 3.63) is 58.6 Å². The van der Waals surface area contributed by atoms with Crippen molar-refractivity contribution in [2.45, 2.75) is 32.5 Å². The number of carbonyl (C=O) groups excluding carboxylic acids is 1. The summed E-state index contributed by atoms with van der Waals surface area (Å²) in [7, 11) is 0. The Bertz CT molecular complexity index is 995. The zero-order chi connectivity index (χ0) is 21.3. The lowest BCUT2D eigenvalue weighted by Crippen LogP contribution is -2.18. The minimum absolute atomic E-state index is 0.106.